The number of carbonyl (C=O) groups is 1. The average Bonchev–Trinajstić information content (AvgIpc) is 2.93. The highest BCUT2D eigenvalue weighted by atomic mass is 32.2. The van der Waals surface area contributed by atoms with Crippen molar-refractivity contribution < 1.29 is 17.6 Å². The number of nitrogens with zero attached hydrogens (tertiary/aromatic N) is 1. The van der Waals surface area contributed by atoms with Crippen LogP contribution in [0.5, 0.6) is 0 Å². The Kier molecular flexibility index (Phi) is 4.54. The molecule has 2 aromatic rings. The van der Waals surface area contributed by atoms with Crippen LogP contribution in [-0.4, -0.2) is 19.2 Å². The molecular formula is C14H16N2O4S. The quantitative estimate of drug-likeness (QED) is 0.823. The van der Waals surface area contributed by atoms with Crippen molar-refractivity contribution in [1.82, 2.24) is 9.71 Å². The van der Waals surface area contributed by atoms with Gasteiger partial charge in [0.05, 0.1) is 17.6 Å². The van der Waals surface area contributed by atoms with E-state index in [-0.39, 0.29) is 17.2 Å². The van der Waals surface area contributed by atoms with E-state index in [0.29, 0.717) is 23.6 Å². The molecule has 0 aliphatic rings. The van der Waals surface area contributed by atoms with Crippen LogP contribution in [0.4, 0.5) is 0 Å². The van der Waals surface area contributed by atoms with Crippen LogP contribution >= 0.6 is 0 Å². The summed E-state index contributed by atoms with van der Waals surface area (Å²) in [5.74, 6) is 0.907. The fourth-order valence-corrected chi connectivity index (χ4v) is 2.68. The number of oxazole rings is 1. The molecule has 0 saturated heterocycles. The summed E-state index contributed by atoms with van der Waals surface area (Å²) in [5, 5.41) is 0. The van der Waals surface area contributed by atoms with Gasteiger partial charge in [-0.15, -0.1) is 0 Å². The van der Waals surface area contributed by atoms with E-state index in [2.05, 4.69) is 9.71 Å². The molecule has 2 rings (SSSR count). The minimum atomic E-state index is -3.66. The lowest BCUT2D eigenvalue weighted by molar-refractivity contribution is 0.101. The third-order valence-electron chi connectivity index (χ3n) is 2.93. The number of hydrogen-bond acceptors (Lipinski definition) is 5. The Morgan fingerprint density at radius 2 is 1.95 bits per heavy atom. The highest BCUT2D eigenvalue weighted by Gasteiger charge is 2.15. The van der Waals surface area contributed by atoms with Gasteiger partial charge in [0, 0.05) is 12.0 Å². The van der Waals surface area contributed by atoms with Crippen LogP contribution in [0.2, 0.25) is 0 Å². The van der Waals surface area contributed by atoms with Gasteiger partial charge in [0.25, 0.3) is 0 Å². The molecule has 0 aliphatic carbocycles. The molecule has 1 aromatic heterocycles. The molecule has 1 heterocycles. The Morgan fingerprint density at radius 3 is 2.48 bits per heavy atom. The third-order valence-corrected chi connectivity index (χ3v) is 4.35. The second-order valence-electron chi connectivity index (χ2n) is 4.48. The highest BCUT2D eigenvalue weighted by molar-refractivity contribution is 7.89. The first-order valence-corrected chi connectivity index (χ1v) is 7.95. The maximum Gasteiger partial charge on any atom is 0.241 e. The summed E-state index contributed by atoms with van der Waals surface area (Å²) >= 11 is 0. The first-order valence-electron chi connectivity index (χ1n) is 6.46. The SMILES string of the molecule is CCc1cnc(CNS(=O)(=O)c2ccc(C(C)=O)cc2)o1. The summed E-state index contributed by atoms with van der Waals surface area (Å²) < 4.78 is 31.9. The van der Waals surface area contributed by atoms with Gasteiger partial charge in [-0.1, -0.05) is 19.1 Å². The average molecular weight is 308 g/mol. The molecule has 0 saturated carbocycles. The fourth-order valence-electron chi connectivity index (χ4n) is 1.70. The Balaban J connectivity index is 2.09. The minimum Gasteiger partial charge on any atom is -0.444 e. The zero-order chi connectivity index (χ0) is 15.5. The maximum absolute atomic E-state index is 12.1. The number of aryl methyl sites for hydroxylation is 1. The topological polar surface area (TPSA) is 89.3 Å². The van der Waals surface area contributed by atoms with E-state index in [1.165, 1.54) is 31.2 Å². The van der Waals surface area contributed by atoms with E-state index >= 15 is 0 Å². The second-order valence-corrected chi connectivity index (χ2v) is 6.25. The van der Waals surface area contributed by atoms with Gasteiger partial charge in [0.15, 0.2) is 5.78 Å². The smallest absolute Gasteiger partial charge is 0.241 e. The number of sulfonamides is 1. The number of rotatable bonds is 6. The number of benzene rings is 1. The summed E-state index contributed by atoms with van der Waals surface area (Å²) in [6.07, 6.45) is 2.28. The van der Waals surface area contributed by atoms with Gasteiger partial charge >= 0.3 is 0 Å². The van der Waals surface area contributed by atoms with Crippen molar-refractivity contribution in [2.24, 2.45) is 0 Å². The molecule has 0 radical (unpaired) electrons. The van der Waals surface area contributed by atoms with E-state index in [0.717, 1.165) is 0 Å². The molecule has 0 bridgehead atoms. The van der Waals surface area contributed by atoms with Crippen molar-refractivity contribution in [3.05, 3.63) is 47.7 Å². The second kappa shape index (κ2) is 6.19. The monoisotopic (exact) mass is 308 g/mol. The third kappa shape index (κ3) is 3.77. The molecule has 0 spiro atoms. The van der Waals surface area contributed by atoms with Crippen molar-refractivity contribution in [2.45, 2.75) is 31.7 Å². The summed E-state index contributed by atoms with van der Waals surface area (Å²) in [5.41, 5.74) is 0.467. The Bertz CT molecular complexity index is 733. The molecular weight excluding hydrogens is 292 g/mol. The van der Waals surface area contributed by atoms with Crippen molar-refractivity contribution >= 4 is 15.8 Å². The van der Waals surface area contributed by atoms with Crippen LogP contribution in [0.25, 0.3) is 0 Å². The van der Waals surface area contributed by atoms with Crippen molar-refractivity contribution in [3.8, 4) is 0 Å². The molecule has 0 aliphatic heterocycles. The van der Waals surface area contributed by atoms with E-state index < -0.39 is 10.0 Å². The molecule has 112 valence electrons. The lowest BCUT2D eigenvalue weighted by Gasteiger charge is -2.05. The normalized spacial score (nSPS) is 11.5. The minimum absolute atomic E-state index is 0.0171. The zero-order valence-electron chi connectivity index (χ0n) is 11.8. The molecule has 0 fully saturated rings. The molecule has 0 atom stereocenters. The first-order chi connectivity index (χ1) is 9.92. The van der Waals surface area contributed by atoms with E-state index in [4.69, 9.17) is 4.42 Å². The number of carbonyl (C=O) groups excluding carboxylic acids is 1. The standard InChI is InChI=1S/C14H16N2O4S/c1-3-12-8-15-14(20-12)9-16-21(18,19)13-6-4-11(5-7-13)10(2)17/h4-8,16H,3,9H2,1-2H3. The molecule has 0 unspecified atom stereocenters. The van der Waals surface area contributed by atoms with Crippen LogP contribution in [0.15, 0.2) is 39.8 Å². The van der Waals surface area contributed by atoms with Gasteiger partial charge < -0.3 is 4.42 Å². The van der Waals surface area contributed by atoms with Crippen molar-refractivity contribution in [1.29, 1.82) is 0 Å². The summed E-state index contributed by atoms with van der Waals surface area (Å²) in [6.45, 7) is 3.33. The van der Waals surface area contributed by atoms with Gasteiger partial charge in [0.2, 0.25) is 15.9 Å². The van der Waals surface area contributed by atoms with Crippen molar-refractivity contribution in [2.75, 3.05) is 0 Å². The fraction of sp³-hybridized carbons (Fsp3) is 0.286. The first kappa shape index (κ1) is 15.4. The van der Waals surface area contributed by atoms with E-state index in [9.17, 15) is 13.2 Å². The molecule has 6 nitrogen and oxygen atoms in total. The molecule has 7 heteroatoms. The van der Waals surface area contributed by atoms with Gasteiger partial charge in [0.1, 0.15) is 5.76 Å². The molecule has 21 heavy (non-hydrogen) atoms. The van der Waals surface area contributed by atoms with E-state index in [1.54, 1.807) is 6.20 Å². The molecule has 1 aromatic carbocycles. The van der Waals surface area contributed by atoms with Gasteiger partial charge in [-0.05, 0) is 19.1 Å². The highest BCUT2D eigenvalue weighted by Crippen LogP contribution is 2.12. The van der Waals surface area contributed by atoms with Gasteiger partial charge in [-0.2, -0.15) is 0 Å². The largest absolute Gasteiger partial charge is 0.444 e. The van der Waals surface area contributed by atoms with Gasteiger partial charge in [-0.25, -0.2) is 18.1 Å². The number of ketones is 1. The van der Waals surface area contributed by atoms with Crippen LogP contribution in [0.3, 0.4) is 0 Å². The van der Waals surface area contributed by atoms with Crippen LogP contribution in [0.1, 0.15) is 35.9 Å². The molecule has 1 N–H and O–H groups in total. The van der Waals surface area contributed by atoms with Crippen LogP contribution < -0.4 is 4.72 Å². The Labute approximate surface area is 123 Å². The predicted octanol–water partition coefficient (Wildman–Crippen LogP) is 1.92. The number of Topliss-reactive ketones (excluding diaryl/α,β-unsaturated/α-hetero) is 1. The van der Waals surface area contributed by atoms with E-state index in [1.807, 2.05) is 6.92 Å². The Morgan fingerprint density at radius 1 is 1.29 bits per heavy atom. The summed E-state index contributed by atoms with van der Waals surface area (Å²) in [4.78, 5) is 15.2. The predicted molar refractivity (Wildman–Crippen MR) is 76.4 cm³/mol. The van der Waals surface area contributed by atoms with Crippen molar-refractivity contribution in [3.63, 3.8) is 0 Å². The zero-order valence-corrected chi connectivity index (χ0v) is 12.6. The lowest BCUT2D eigenvalue weighted by atomic mass is 10.2. The summed E-state index contributed by atoms with van der Waals surface area (Å²) in [6, 6.07) is 5.76. The Hall–Kier alpha value is -1.99. The summed E-state index contributed by atoms with van der Waals surface area (Å²) in [7, 11) is -3.66. The molecule has 0 amide bonds. The number of aromatic nitrogens is 1. The number of hydrogen-bond donors (Lipinski definition) is 1. The van der Waals surface area contributed by atoms with Gasteiger partial charge in [-0.3, -0.25) is 4.79 Å². The lowest BCUT2D eigenvalue weighted by Crippen LogP contribution is -2.23. The number of nitrogens with one attached hydrogen (secondary N) is 1. The maximum atomic E-state index is 12.1. The van der Waals surface area contributed by atoms with Crippen LogP contribution in [-0.2, 0) is 23.0 Å². The van der Waals surface area contributed by atoms with Crippen LogP contribution in [0, 0.1) is 0 Å².